The standard InChI is InChI=1S/C7H7ClO4/c8-4(5(9)10)3-7(1-2-7)6(11)12/h3H,1-2H2,(H,9,10)(H,11,12). The van der Waals surface area contributed by atoms with Gasteiger partial charge < -0.3 is 10.2 Å². The number of carboxylic acid groups (broad SMARTS) is 2. The largest absolute Gasteiger partial charge is 0.481 e. The summed E-state index contributed by atoms with van der Waals surface area (Å²) in [6.45, 7) is 0. The van der Waals surface area contributed by atoms with Gasteiger partial charge in [-0.25, -0.2) is 4.79 Å². The highest BCUT2D eigenvalue weighted by Gasteiger charge is 2.48. The van der Waals surface area contributed by atoms with Crippen LogP contribution in [0, 0.1) is 5.41 Å². The molecule has 1 aliphatic carbocycles. The molecule has 0 radical (unpaired) electrons. The minimum atomic E-state index is -1.29. The zero-order valence-electron chi connectivity index (χ0n) is 6.08. The van der Waals surface area contributed by atoms with Crippen LogP contribution < -0.4 is 0 Å². The van der Waals surface area contributed by atoms with E-state index in [0.29, 0.717) is 12.8 Å². The number of rotatable bonds is 3. The second-order valence-corrected chi connectivity index (χ2v) is 3.17. The fourth-order valence-corrected chi connectivity index (χ4v) is 1.07. The minimum absolute atomic E-state index is 0.421. The number of carboxylic acids is 2. The lowest BCUT2D eigenvalue weighted by Crippen LogP contribution is -2.13. The second-order valence-electron chi connectivity index (χ2n) is 2.76. The van der Waals surface area contributed by atoms with Crippen molar-refractivity contribution >= 4 is 23.5 Å². The molecule has 0 aromatic heterocycles. The van der Waals surface area contributed by atoms with Crippen LogP contribution in [0.2, 0.25) is 0 Å². The van der Waals surface area contributed by atoms with Gasteiger partial charge in [0.15, 0.2) is 0 Å². The van der Waals surface area contributed by atoms with Crippen LogP contribution in [-0.2, 0) is 9.59 Å². The summed E-state index contributed by atoms with van der Waals surface area (Å²) >= 11 is 5.28. The topological polar surface area (TPSA) is 74.6 Å². The molecule has 1 rings (SSSR count). The fourth-order valence-electron chi connectivity index (χ4n) is 0.859. The zero-order chi connectivity index (χ0) is 9.35. The first kappa shape index (κ1) is 9.06. The Morgan fingerprint density at radius 2 is 1.83 bits per heavy atom. The third-order valence-electron chi connectivity index (χ3n) is 1.82. The van der Waals surface area contributed by atoms with E-state index in [-0.39, 0.29) is 0 Å². The lowest BCUT2D eigenvalue weighted by atomic mass is 10.1. The third kappa shape index (κ3) is 1.58. The van der Waals surface area contributed by atoms with Gasteiger partial charge in [-0.15, -0.1) is 0 Å². The molecular weight excluding hydrogens is 184 g/mol. The van der Waals surface area contributed by atoms with Crippen LogP contribution in [0.25, 0.3) is 0 Å². The van der Waals surface area contributed by atoms with E-state index >= 15 is 0 Å². The van der Waals surface area contributed by atoms with Crippen LogP contribution in [0.3, 0.4) is 0 Å². The molecule has 0 saturated heterocycles. The van der Waals surface area contributed by atoms with Crippen molar-refractivity contribution in [3.05, 3.63) is 11.1 Å². The molecule has 0 aromatic carbocycles. The third-order valence-corrected chi connectivity index (χ3v) is 2.09. The number of aliphatic carboxylic acids is 2. The summed E-state index contributed by atoms with van der Waals surface area (Å²) in [5.41, 5.74) is -1.00. The molecule has 4 nitrogen and oxygen atoms in total. The summed E-state index contributed by atoms with van der Waals surface area (Å²) in [6, 6.07) is 0. The molecule has 12 heavy (non-hydrogen) atoms. The Hall–Kier alpha value is -1.03. The van der Waals surface area contributed by atoms with Gasteiger partial charge in [-0.2, -0.15) is 0 Å². The van der Waals surface area contributed by atoms with E-state index in [4.69, 9.17) is 21.8 Å². The molecule has 1 fully saturated rings. The second kappa shape index (κ2) is 2.79. The van der Waals surface area contributed by atoms with Crippen LogP contribution in [-0.4, -0.2) is 22.2 Å². The van der Waals surface area contributed by atoms with Gasteiger partial charge in [0.25, 0.3) is 0 Å². The average molecular weight is 191 g/mol. The van der Waals surface area contributed by atoms with E-state index in [9.17, 15) is 9.59 Å². The summed E-state index contributed by atoms with van der Waals surface area (Å²) in [7, 11) is 0. The van der Waals surface area contributed by atoms with E-state index in [1.807, 2.05) is 0 Å². The first-order chi connectivity index (χ1) is 5.48. The van der Waals surface area contributed by atoms with E-state index < -0.39 is 22.4 Å². The van der Waals surface area contributed by atoms with Crippen molar-refractivity contribution in [2.75, 3.05) is 0 Å². The Morgan fingerprint density at radius 3 is 2.08 bits per heavy atom. The maximum Gasteiger partial charge on any atom is 0.347 e. The highest BCUT2D eigenvalue weighted by atomic mass is 35.5. The van der Waals surface area contributed by atoms with Gasteiger partial charge in [0.05, 0.1) is 5.41 Å². The van der Waals surface area contributed by atoms with Crippen molar-refractivity contribution in [1.29, 1.82) is 0 Å². The molecule has 0 amide bonds. The Bertz CT molecular complexity index is 265. The Balaban J connectivity index is 2.79. The van der Waals surface area contributed by atoms with Crippen molar-refractivity contribution in [3.8, 4) is 0 Å². The molecule has 0 unspecified atom stereocenters. The van der Waals surface area contributed by atoms with Crippen LogP contribution in [0.5, 0.6) is 0 Å². The number of hydrogen-bond donors (Lipinski definition) is 2. The summed E-state index contributed by atoms with van der Waals surface area (Å²) in [6.07, 6.45) is 2.02. The van der Waals surface area contributed by atoms with Crippen molar-refractivity contribution in [2.24, 2.45) is 5.41 Å². The van der Waals surface area contributed by atoms with Crippen LogP contribution in [0.15, 0.2) is 11.1 Å². The molecular formula is C7H7ClO4. The highest BCUT2D eigenvalue weighted by molar-refractivity contribution is 6.41. The molecule has 0 bridgehead atoms. The molecule has 0 aromatic rings. The lowest BCUT2D eigenvalue weighted by molar-refractivity contribution is -0.141. The molecule has 0 heterocycles. The van der Waals surface area contributed by atoms with Crippen LogP contribution >= 0.6 is 11.6 Å². The summed E-state index contributed by atoms with van der Waals surface area (Å²) < 4.78 is 0. The number of hydrogen-bond acceptors (Lipinski definition) is 2. The van der Waals surface area contributed by atoms with Crippen molar-refractivity contribution in [1.82, 2.24) is 0 Å². The quantitative estimate of drug-likeness (QED) is 0.653. The van der Waals surface area contributed by atoms with Gasteiger partial charge in [0.2, 0.25) is 0 Å². The number of carbonyl (C=O) groups is 2. The van der Waals surface area contributed by atoms with Gasteiger partial charge in [0.1, 0.15) is 5.03 Å². The fraction of sp³-hybridized carbons (Fsp3) is 0.429. The predicted octanol–water partition coefficient (Wildman–Crippen LogP) is 1.06. The molecule has 0 aliphatic heterocycles. The zero-order valence-corrected chi connectivity index (χ0v) is 6.84. The highest BCUT2D eigenvalue weighted by Crippen LogP contribution is 2.48. The number of halogens is 1. The Labute approximate surface area is 73.4 Å². The van der Waals surface area contributed by atoms with Crippen molar-refractivity contribution < 1.29 is 19.8 Å². The lowest BCUT2D eigenvalue weighted by Gasteiger charge is -2.01. The normalized spacial score (nSPS) is 20.2. The Kier molecular flexibility index (Phi) is 2.10. The molecule has 1 aliphatic rings. The van der Waals surface area contributed by atoms with E-state index in [1.54, 1.807) is 0 Å². The maximum atomic E-state index is 10.5. The van der Waals surface area contributed by atoms with E-state index in [2.05, 4.69) is 0 Å². The van der Waals surface area contributed by atoms with Crippen LogP contribution in [0.1, 0.15) is 12.8 Å². The minimum Gasteiger partial charge on any atom is -0.481 e. The van der Waals surface area contributed by atoms with E-state index in [1.165, 1.54) is 0 Å². The van der Waals surface area contributed by atoms with Crippen molar-refractivity contribution in [3.63, 3.8) is 0 Å². The van der Waals surface area contributed by atoms with Gasteiger partial charge in [-0.1, -0.05) is 11.6 Å². The van der Waals surface area contributed by atoms with Gasteiger partial charge in [0, 0.05) is 0 Å². The molecule has 0 atom stereocenters. The molecule has 1 saturated carbocycles. The van der Waals surface area contributed by atoms with Gasteiger partial charge in [-0.05, 0) is 18.9 Å². The van der Waals surface area contributed by atoms with Gasteiger partial charge in [-0.3, -0.25) is 4.79 Å². The predicted molar refractivity (Wildman–Crippen MR) is 40.9 cm³/mol. The summed E-state index contributed by atoms with van der Waals surface area (Å²) in [5, 5.41) is 16.6. The van der Waals surface area contributed by atoms with Crippen LogP contribution in [0.4, 0.5) is 0 Å². The van der Waals surface area contributed by atoms with E-state index in [0.717, 1.165) is 6.08 Å². The SMILES string of the molecule is O=C(O)C(Cl)=CC1(C(=O)O)CC1. The molecule has 0 spiro atoms. The Morgan fingerprint density at radius 1 is 1.33 bits per heavy atom. The molecule has 2 N–H and O–H groups in total. The maximum absolute atomic E-state index is 10.5. The van der Waals surface area contributed by atoms with Gasteiger partial charge >= 0.3 is 11.9 Å². The summed E-state index contributed by atoms with van der Waals surface area (Å²) in [5.74, 6) is -2.30. The monoisotopic (exact) mass is 190 g/mol. The average Bonchev–Trinajstić information content (AvgIpc) is 2.68. The molecule has 66 valence electrons. The van der Waals surface area contributed by atoms with Crippen molar-refractivity contribution in [2.45, 2.75) is 12.8 Å². The first-order valence-electron chi connectivity index (χ1n) is 3.33. The first-order valence-corrected chi connectivity index (χ1v) is 3.71. The summed E-state index contributed by atoms with van der Waals surface area (Å²) in [4.78, 5) is 20.8. The smallest absolute Gasteiger partial charge is 0.347 e. The molecule has 5 heteroatoms.